The van der Waals surface area contributed by atoms with Crippen LogP contribution in [0.3, 0.4) is 0 Å². The predicted molar refractivity (Wildman–Crippen MR) is 81.1 cm³/mol. The number of benzene rings is 1. The standard InChI is InChI=1S/C17H17FN2O3/c18-14-7-9(3-6-20-14)16-11-4-5-19-8-12(11)10-1-2-13(21)15(22)17(10)23-16/h1-3,6-7,11-12,16,19,21-22H,4-5,8H2. The first-order chi connectivity index (χ1) is 11.1. The summed E-state index contributed by atoms with van der Waals surface area (Å²) in [4.78, 5) is 3.59. The monoisotopic (exact) mass is 316 g/mol. The summed E-state index contributed by atoms with van der Waals surface area (Å²) < 4.78 is 19.5. The summed E-state index contributed by atoms with van der Waals surface area (Å²) in [6, 6.07) is 6.38. The van der Waals surface area contributed by atoms with E-state index in [-0.39, 0.29) is 35.2 Å². The molecular formula is C17H17FN2O3. The Labute approximate surface area is 132 Å². The Bertz CT molecular complexity index is 753. The average molecular weight is 316 g/mol. The molecule has 1 aromatic heterocycles. The molecular weight excluding hydrogens is 299 g/mol. The lowest BCUT2D eigenvalue weighted by molar-refractivity contribution is 0.0695. The number of rotatable bonds is 1. The van der Waals surface area contributed by atoms with Gasteiger partial charge in [-0.2, -0.15) is 4.39 Å². The van der Waals surface area contributed by atoms with Gasteiger partial charge in [0.1, 0.15) is 6.10 Å². The van der Waals surface area contributed by atoms with Crippen LogP contribution in [0.25, 0.3) is 0 Å². The number of phenols is 2. The van der Waals surface area contributed by atoms with Crippen LogP contribution in [0.5, 0.6) is 17.2 Å². The first-order valence-corrected chi connectivity index (χ1v) is 7.69. The first-order valence-electron chi connectivity index (χ1n) is 7.69. The summed E-state index contributed by atoms with van der Waals surface area (Å²) in [6.07, 6.45) is 1.93. The zero-order valence-corrected chi connectivity index (χ0v) is 12.4. The van der Waals surface area contributed by atoms with Crippen molar-refractivity contribution in [2.24, 2.45) is 5.92 Å². The maximum atomic E-state index is 13.5. The van der Waals surface area contributed by atoms with Crippen molar-refractivity contribution in [1.29, 1.82) is 0 Å². The van der Waals surface area contributed by atoms with Crippen molar-refractivity contribution in [2.45, 2.75) is 18.4 Å². The number of halogens is 1. The largest absolute Gasteiger partial charge is 0.504 e. The smallest absolute Gasteiger partial charge is 0.213 e. The van der Waals surface area contributed by atoms with Crippen LogP contribution in [-0.2, 0) is 0 Å². The quantitative estimate of drug-likeness (QED) is 0.557. The number of ether oxygens (including phenoxy) is 1. The Kier molecular flexibility index (Phi) is 3.34. The highest BCUT2D eigenvalue weighted by Gasteiger charge is 2.42. The number of fused-ring (bicyclic) bond motifs is 3. The van der Waals surface area contributed by atoms with Gasteiger partial charge in [0.15, 0.2) is 11.5 Å². The van der Waals surface area contributed by atoms with E-state index in [1.165, 1.54) is 18.3 Å². The van der Waals surface area contributed by atoms with Crippen LogP contribution >= 0.6 is 0 Å². The minimum atomic E-state index is -0.553. The lowest BCUT2D eigenvalue weighted by Crippen LogP contribution is -2.41. The molecule has 0 aliphatic carbocycles. The second-order valence-corrected chi connectivity index (χ2v) is 6.07. The number of nitrogens with zero attached hydrogens (tertiary/aromatic N) is 1. The molecule has 4 rings (SSSR count). The summed E-state index contributed by atoms with van der Waals surface area (Å²) in [7, 11) is 0. The molecule has 3 heterocycles. The summed E-state index contributed by atoms with van der Waals surface area (Å²) in [5.41, 5.74) is 1.58. The highest BCUT2D eigenvalue weighted by Crippen LogP contribution is 2.53. The zero-order chi connectivity index (χ0) is 16.0. The van der Waals surface area contributed by atoms with Crippen LogP contribution in [0.4, 0.5) is 4.39 Å². The number of hydrogen-bond acceptors (Lipinski definition) is 5. The Hall–Kier alpha value is -2.34. The van der Waals surface area contributed by atoms with E-state index in [1.807, 2.05) is 0 Å². The van der Waals surface area contributed by atoms with Crippen molar-refractivity contribution in [2.75, 3.05) is 13.1 Å². The fourth-order valence-corrected chi connectivity index (χ4v) is 3.70. The lowest BCUT2D eigenvalue weighted by Gasteiger charge is -2.43. The molecule has 0 radical (unpaired) electrons. The topological polar surface area (TPSA) is 74.6 Å². The second kappa shape index (κ2) is 5.38. The van der Waals surface area contributed by atoms with Crippen molar-refractivity contribution in [3.05, 3.63) is 47.5 Å². The molecule has 0 saturated carbocycles. The SMILES string of the molecule is Oc1ccc2c(c1O)OC(c1ccnc(F)c1)C1CCNCC21. The van der Waals surface area contributed by atoms with Crippen molar-refractivity contribution >= 4 is 0 Å². The number of nitrogens with one attached hydrogen (secondary N) is 1. The van der Waals surface area contributed by atoms with Gasteiger partial charge in [0, 0.05) is 36.2 Å². The van der Waals surface area contributed by atoms with E-state index in [1.54, 1.807) is 12.1 Å². The Morgan fingerprint density at radius 1 is 1.26 bits per heavy atom. The van der Waals surface area contributed by atoms with Crippen molar-refractivity contribution in [3.8, 4) is 17.2 Å². The molecule has 2 aromatic rings. The van der Waals surface area contributed by atoms with Gasteiger partial charge in [-0.1, -0.05) is 6.07 Å². The number of aromatic nitrogens is 1. The van der Waals surface area contributed by atoms with E-state index in [0.717, 1.165) is 25.1 Å². The minimum Gasteiger partial charge on any atom is -0.504 e. The van der Waals surface area contributed by atoms with Gasteiger partial charge >= 0.3 is 0 Å². The molecule has 0 amide bonds. The Morgan fingerprint density at radius 3 is 2.96 bits per heavy atom. The van der Waals surface area contributed by atoms with Gasteiger partial charge in [0.25, 0.3) is 0 Å². The van der Waals surface area contributed by atoms with Crippen molar-refractivity contribution < 1.29 is 19.3 Å². The third-order valence-corrected chi connectivity index (χ3v) is 4.79. The fraction of sp³-hybridized carbons (Fsp3) is 0.353. The number of hydrogen-bond donors (Lipinski definition) is 3. The molecule has 3 unspecified atom stereocenters. The molecule has 120 valence electrons. The molecule has 3 atom stereocenters. The normalized spacial score (nSPS) is 26.0. The van der Waals surface area contributed by atoms with Crippen LogP contribution in [0.1, 0.15) is 29.6 Å². The van der Waals surface area contributed by atoms with Gasteiger partial charge in [-0.05, 0) is 30.7 Å². The van der Waals surface area contributed by atoms with E-state index in [4.69, 9.17) is 4.74 Å². The Balaban J connectivity index is 1.83. The van der Waals surface area contributed by atoms with E-state index in [9.17, 15) is 14.6 Å². The van der Waals surface area contributed by atoms with E-state index < -0.39 is 5.95 Å². The molecule has 3 N–H and O–H groups in total. The van der Waals surface area contributed by atoms with Crippen LogP contribution in [-0.4, -0.2) is 28.3 Å². The number of pyridine rings is 1. The molecule has 5 nitrogen and oxygen atoms in total. The van der Waals surface area contributed by atoms with E-state index in [0.29, 0.717) is 5.56 Å². The van der Waals surface area contributed by atoms with Gasteiger partial charge in [-0.15, -0.1) is 0 Å². The molecule has 1 saturated heterocycles. The third-order valence-electron chi connectivity index (χ3n) is 4.79. The average Bonchev–Trinajstić information content (AvgIpc) is 2.57. The molecule has 2 aliphatic heterocycles. The molecule has 1 aromatic carbocycles. The van der Waals surface area contributed by atoms with Crippen molar-refractivity contribution in [3.63, 3.8) is 0 Å². The van der Waals surface area contributed by atoms with Crippen molar-refractivity contribution in [1.82, 2.24) is 10.3 Å². The van der Waals surface area contributed by atoms with Gasteiger partial charge in [-0.3, -0.25) is 0 Å². The van der Waals surface area contributed by atoms with Gasteiger partial charge in [-0.25, -0.2) is 4.98 Å². The minimum absolute atomic E-state index is 0.139. The van der Waals surface area contributed by atoms with Crippen LogP contribution < -0.4 is 10.1 Å². The summed E-state index contributed by atoms with van der Waals surface area (Å²) in [5.74, 6) is -0.425. The predicted octanol–water partition coefficient (Wildman–Crippen LogP) is 2.46. The molecule has 23 heavy (non-hydrogen) atoms. The van der Waals surface area contributed by atoms with E-state index >= 15 is 0 Å². The summed E-state index contributed by atoms with van der Waals surface area (Å²) in [6.45, 7) is 1.63. The van der Waals surface area contributed by atoms with Gasteiger partial charge in [0.05, 0.1) is 0 Å². The zero-order valence-electron chi connectivity index (χ0n) is 12.4. The highest BCUT2D eigenvalue weighted by molar-refractivity contribution is 5.57. The molecule has 1 fully saturated rings. The molecule has 0 spiro atoms. The lowest BCUT2D eigenvalue weighted by atomic mass is 9.74. The van der Waals surface area contributed by atoms with Gasteiger partial charge < -0.3 is 20.3 Å². The summed E-state index contributed by atoms with van der Waals surface area (Å²) in [5, 5.41) is 23.3. The third kappa shape index (κ3) is 2.30. The molecule has 0 bridgehead atoms. The second-order valence-electron chi connectivity index (χ2n) is 6.07. The van der Waals surface area contributed by atoms with Crippen LogP contribution in [0.15, 0.2) is 30.5 Å². The maximum absolute atomic E-state index is 13.5. The number of phenolic OH excluding ortho intramolecular Hbond substituents is 2. The maximum Gasteiger partial charge on any atom is 0.213 e. The fourth-order valence-electron chi connectivity index (χ4n) is 3.70. The number of aromatic hydroxyl groups is 2. The summed E-state index contributed by atoms with van der Waals surface area (Å²) >= 11 is 0. The molecule has 2 aliphatic rings. The van der Waals surface area contributed by atoms with Gasteiger partial charge in [0.2, 0.25) is 11.7 Å². The van der Waals surface area contributed by atoms with E-state index in [2.05, 4.69) is 10.3 Å². The molecule has 6 heteroatoms. The number of piperidine rings is 1. The van der Waals surface area contributed by atoms with Crippen LogP contribution in [0, 0.1) is 11.9 Å². The van der Waals surface area contributed by atoms with Crippen LogP contribution in [0.2, 0.25) is 0 Å². The Morgan fingerprint density at radius 2 is 2.13 bits per heavy atom. The first kappa shape index (κ1) is 14.3. The highest BCUT2D eigenvalue weighted by atomic mass is 19.1.